The molecule has 0 saturated carbocycles. The van der Waals surface area contributed by atoms with Crippen molar-refractivity contribution >= 4 is 0 Å². The summed E-state index contributed by atoms with van der Waals surface area (Å²) in [5.41, 5.74) is 3.05. The molecular weight excluding hydrogens is 354 g/mol. The molecule has 1 fully saturated rings. The molecule has 6 nitrogen and oxygen atoms in total. The Balaban J connectivity index is 1.30. The molecule has 28 heavy (non-hydrogen) atoms. The van der Waals surface area contributed by atoms with Crippen LogP contribution in [0.15, 0.2) is 24.3 Å². The molecule has 2 aromatic rings. The molecule has 0 aromatic carbocycles. The molecule has 4 rings (SSSR count). The van der Waals surface area contributed by atoms with Crippen LogP contribution in [0.25, 0.3) is 0 Å². The van der Waals surface area contributed by atoms with Crippen molar-refractivity contribution in [2.24, 2.45) is 5.92 Å². The van der Waals surface area contributed by atoms with Crippen molar-refractivity contribution in [2.75, 3.05) is 32.9 Å². The van der Waals surface area contributed by atoms with Gasteiger partial charge in [-0.2, -0.15) is 0 Å². The van der Waals surface area contributed by atoms with Gasteiger partial charge in [-0.25, -0.2) is 4.98 Å². The van der Waals surface area contributed by atoms with E-state index in [1.807, 2.05) is 32.0 Å². The van der Waals surface area contributed by atoms with Gasteiger partial charge in [0.25, 0.3) is 5.88 Å². The van der Waals surface area contributed by atoms with Gasteiger partial charge in [-0.05, 0) is 64.8 Å². The number of hydrogen-bond acceptors (Lipinski definition) is 6. The lowest BCUT2D eigenvalue weighted by molar-refractivity contribution is 0.110. The van der Waals surface area contributed by atoms with Crippen molar-refractivity contribution in [1.82, 2.24) is 14.9 Å². The minimum atomic E-state index is 0.267. The molecule has 4 heterocycles. The highest BCUT2D eigenvalue weighted by Crippen LogP contribution is 2.32. The number of hydrogen-bond donors (Lipinski definition) is 0. The van der Waals surface area contributed by atoms with Crippen molar-refractivity contribution in [1.29, 1.82) is 0 Å². The van der Waals surface area contributed by atoms with E-state index in [4.69, 9.17) is 14.2 Å². The van der Waals surface area contributed by atoms with Gasteiger partial charge in [0, 0.05) is 29.6 Å². The number of aryl methyl sites for hydroxylation is 2. The standard InChI is InChI=1S/C22H29N3O3/c1-15-12-19(13-16(2)23-15)28-14-18-6-8-25(9-7-18)17(3)20-4-5-21-22(24-20)27-11-10-26-21/h4-5,12-13,17-18H,6-11,14H2,1-3H3. The fraction of sp³-hybridized carbons (Fsp3) is 0.545. The van der Waals surface area contributed by atoms with Gasteiger partial charge in [-0.3, -0.25) is 9.88 Å². The summed E-state index contributed by atoms with van der Waals surface area (Å²) in [5.74, 6) is 2.90. The molecule has 1 saturated heterocycles. The molecule has 0 amide bonds. The summed E-state index contributed by atoms with van der Waals surface area (Å²) in [6, 6.07) is 8.33. The summed E-state index contributed by atoms with van der Waals surface area (Å²) in [6.45, 7) is 10.3. The maximum absolute atomic E-state index is 6.05. The fourth-order valence-electron chi connectivity index (χ4n) is 3.97. The van der Waals surface area contributed by atoms with Gasteiger partial charge in [-0.1, -0.05) is 0 Å². The van der Waals surface area contributed by atoms with Crippen LogP contribution in [0.3, 0.4) is 0 Å². The largest absolute Gasteiger partial charge is 0.493 e. The molecular formula is C22H29N3O3. The van der Waals surface area contributed by atoms with E-state index in [1.54, 1.807) is 0 Å². The topological polar surface area (TPSA) is 56.7 Å². The van der Waals surface area contributed by atoms with Crippen molar-refractivity contribution in [3.8, 4) is 17.4 Å². The molecule has 0 radical (unpaired) electrons. The first-order chi connectivity index (χ1) is 13.6. The van der Waals surface area contributed by atoms with Crippen LogP contribution in [0.1, 0.15) is 42.9 Å². The second-order valence-electron chi connectivity index (χ2n) is 7.79. The lowest BCUT2D eigenvalue weighted by atomic mass is 9.96. The first-order valence-corrected chi connectivity index (χ1v) is 10.2. The predicted octanol–water partition coefficient (Wildman–Crippen LogP) is 3.72. The highest BCUT2D eigenvalue weighted by molar-refractivity contribution is 5.36. The number of rotatable bonds is 5. The second-order valence-corrected chi connectivity index (χ2v) is 7.79. The Morgan fingerprint density at radius 2 is 1.79 bits per heavy atom. The van der Waals surface area contributed by atoms with Gasteiger partial charge in [0.15, 0.2) is 5.75 Å². The van der Waals surface area contributed by atoms with E-state index < -0.39 is 0 Å². The number of pyridine rings is 2. The minimum Gasteiger partial charge on any atom is -0.493 e. The number of fused-ring (bicyclic) bond motifs is 1. The Hall–Kier alpha value is -2.34. The highest BCUT2D eigenvalue weighted by Gasteiger charge is 2.26. The van der Waals surface area contributed by atoms with Crippen molar-refractivity contribution in [3.63, 3.8) is 0 Å². The van der Waals surface area contributed by atoms with Crippen LogP contribution < -0.4 is 14.2 Å². The van der Waals surface area contributed by atoms with Crippen LogP contribution in [0.2, 0.25) is 0 Å². The minimum absolute atomic E-state index is 0.267. The average Bonchev–Trinajstić information content (AvgIpc) is 2.71. The zero-order chi connectivity index (χ0) is 19.5. The van der Waals surface area contributed by atoms with Crippen molar-refractivity contribution in [3.05, 3.63) is 41.3 Å². The summed E-state index contributed by atoms with van der Waals surface area (Å²) in [6.07, 6.45) is 2.27. The zero-order valence-electron chi connectivity index (χ0n) is 17.0. The number of nitrogens with zero attached hydrogens (tertiary/aromatic N) is 3. The maximum Gasteiger partial charge on any atom is 0.257 e. The van der Waals surface area contributed by atoms with Crippen LogP contribution in [0, 0.1) is 19.8 Å². The van der Waals surface area contributed by atoms with Gasteiger partial charge in [0.05, 0.1) is 12.3 Å². The molecule has 0 N–H and O–H groups in total. The van der Waals surface area contributed by atoms with E-state index in [9.17, 15) is 0 Å². The van der Waals surface area contributed by atoms with E-state index in [0.29, 0.717) is 25.0 Å². The SMILES string of the molecule is Cc1cc(OCC2CCN(C(C)c3ccc4c(n3)OCCO4)CC2)cc(C)n1. The van der Waals surface area contributed by atoms with Gasteiger partial charge in [-0.15, -0.1) is 0 Å². The van der Waals surface area contributed by atoms with E-state index in [2.05, 4.69) is 27.9 Å². The number of likely N-dealkylation sites (tertiary alicyclic amines) is 1. The Labute approximate surface area is 166 Å². The second kappa shape index (κ2) is 8.35. The van der Waals surface area contributed by atoms with Gasteiger partial charge in [0.2, 0.25) is 0 Å². The van der Waals surface area contributed by atoms with Crippen LogP contribution >= 0.6 is 0 Å². The van der Waals surface area contributed by atoms with Gasteiger partial charge < -0.3 is 14.2 Å². The Morgan fingerprint density at radius 3 is 2.54 bits per heavy atom. The zero-order valence-corrected chi connectivity index (χ0v) is 17.0. The van der Waals surface area contributed by atoms with Crippen molar-refractivity contribution < 1.29 is 14.2 Å². The number of ether oxygens (including phenoxy) is 3. The third-order valence-corrected chi connectivity index (χ3v) is 5.59. The smallest absolute Gasteiger partial charge is 0.257 e. The Bertz CT molecular complexity index is 798. The Kier molecular flexibility index (Phi) is 5.67. The van der Waals surface area contributed by atoms with Crippen LogP contribution in [0.5, 0.6) is 17.4 Å². The fourth-order valence-corrected chi connectivity index (χ4v) is 3.97. The third kappa shape index (κ3) is 4.38. The maximum atomic E-state index is 6.05. The number of aromatic nitrogens is 2. The first kappa shape index (κ1) is 19.0. The molecule has 0 bridgehead atoms. The monoisotopic (exact) mass is 383 g/mol. The molecule has 0 aliphatic carbocycles. The summed E-state index contributed by atoms with van der Waals surface area (Å²) in [5, 5.41) is 0. The average molecular weight is 383 g/mol. The molecule has 1 unspecified atom stereocenters. The summed E-state index contributed by atoms with van der Waals surface area (Å²) in [7, 11) is 0. The molecule has 1 atom stereocenters. The van der Waals surface area contributed by atoms with Gasteiger partial charge >= 0.3 is 0 Å². The van der Waals surface area contributed by atoms with Crippen LogP contribution in [-0.2, 0) is 0 Å². The third-order valence-electron chi connectivity index (χ3n) is 5.59. The quantitative estimate of drug-likeness (QED) is 0.784. The molecule has 6 heteroatoms. The van der Waals surface area contributed by atoms with Gasteiger partial charge in [0.1, 0.15) is 19.0 Å². The van der Waals surface area contributed by atoms with Crippen LogP contribution in [-0.4, -0.2) is 47.8 Å². The summed E-state index contributed by atoms with van der Waals surface area (Å²) >= 11 is 0. The lowest BCUT2D eigenvalue weighted by Crippen LogP contribution is -2.37. The summed E-state index contributed by atoms with van der Waals surface area (Å²) < 4.78 is 17.3. The normalized spacial score (nSPS) is 18.7. The first-order valence-electron chi connectivity index (χ1n) is 10.2. The predicted molar refractivity (Wildman–Crippen MR) is 107 cm³/mol. The molecule has 0 spiro atoms. The molecule has 2 aromatic heterocycles. The van der Waals surface area contributed by atoms with E-state index in [-0.39, 0.29) is 6.04 Å². The molecule has 2 aliphatic rings. The van der Waals surface area contributed by atoms with E-state index in [1.165, 1.54) is 0 Å². The number of piperidine rings is 1. The van der Waals surface area contributed by atoms with Crippen molar-refractivity contribution in [2.45, 2.75) is 39.7 Å². The molecule has 150 valence electrons. The highest BCUT2D eigenvalue weighted by atomic mass is 16.6. The van der Waals surface area contributed by atoms with E-state index in [0.717, 1.165) is 61.1 Å². The lowest BCUT2D eigenvalue weighted by Gasteiger charge is -2.35. The van der Waals surface area contributed by atoms with E-state index >= 15 is 0 Å². The molecule has 2 aliphatic heterocycles. The Morgan fingerprint density at radius 1 is 1.07 bits per heavy atom. The van der Waals surface area contributed by atoms with Crippen LogP contribution in [0.4, 0.5) is 0 Å². The summed E-state index contributed by atoms with van der Waals surface area (Å²) in [4.78, 5) is 11.6.